The van der Waals surface area contributed by atoms with E-state index in [1.807, 2.05) is 30.5 Å². The van der Waals surface area contributed by atoms with Crippen LogP contribution in [0, 0.1) is 3.57 Å². The number of rotatable bonds is 3. The normalized spacial score (nSPS) is 12.0. The Labute approximate surface area is 120 Å². The lowest BCUT2D eigenvalue weighted by Crippen LogP contribution is -2.26. The molecular formula is C14H16INO2. The van der Waals surface area contributed by atoms with E-state index in [-0.39, 0.29) is 5.56 Å². The van der Waals surface area contributed by atoms with Gasteiger partial charge in [0, 0.05) is 27.1 Å². The summed E-state index contributed by atoms with van der Waals surface area (Å²) in [4.78, 5) is 12.3. The summed E-state index contributed by atoms with van der Waals surface area (Å²) in [5.41, 5.74) is -0.744. The van der Waals surface area contributed by atoms with Crippen molar-refractivity contribution in [2.45, 2.75) is 32.4 Å². The van der Waals surface area contributed by atoms with Crippen molar-refractivity contribution in [2.24, 2.45) is 0 Å². The Bertz CT molecular complexity index is 626. The van der Waals surface area contributed by atoms with Gasteiger partial charge in [-0.25, -0.2) is 0 Å². The maximum Gasteiger partial charge on any atom is 0.258 e. The number of aliphatic hydroxyl groups is 1. The van der Waals surface area contributed by atoms with Gasteiger partial charge in [0.2, 0.25) is 0 Å². The Hall–Kier alpha value is -0.880. The summed E-state index contributed by atoms with van der Waals surface area (Å²) in [6, 6.07) is 7.62. The zero-order valence-electron chi connectivity index (χ0n) is 10.5. The van der Waals surface area contributed by atoms with E-state index in [1.54, 1.807) is 18.4 Å². The fraction of sp³-hybridized carbons (Fsp3) is 0.357. The Balaban J connectivity index is 2.47. The molecule has 0 aliphatic heterocycles. The number of aromatic nitrogens is 1. The van der Waals surface area contributed by atoms with Gasteiger partial charge in [0.15, 0.2) is 0 Å². The van der Waals surface area contributed by atoms with Gasteiger partial charge >= 0.3 is 0 Å². The third kappa shape index (κ3) is 2.92. The van der Waals surface area contributed by atoms with Crippen molar-refractivity contribution >= 4 is 33.4 Å². The molecule has 0 aliphatic carbocycles. The van der Waals surface area contributed by atoms with Crippen molar-refractivity contribution in [2.75, 3.05) is 0 Å². The number of hydrogen-bond acceptors (Lipinski definition) is 2. The molecule has 0 radical (unpaired) electrons. The minimum Gasteiger partial charge on any atom is -0.390 e. The van der Waals surface area contributed by atoms with Gasteiger partial charge in [-0.3, -0.25) is 4.79 Å². The van der Waals surface area contributed by atoms with Crippen LogP contribution < -0.4 is 5.56 Å². The monoisotopic (exact) mass is 357 g/mol. The van der Waals surface area contributed by atoms with E-state index in [9.17, 15) is 9.90 Å². The zero-order valence-corrected chi connectivity index (χ0v) is 12.6. The quantitative estimate of drug-likeness (QED) is 0.859. The van der Waals surface area contributed by atoms with Gasteiger partial charge in [0.25, 0.3) is 5.56 Å². The highest BCUT2D eigenvalue weighted by Gasteiger charge is 2.13. The summed E-state index contributed by atoms with van der Waals surface area (Å²) in [5.74, 6) is 0. The molecule has 4 heteroatoms. The first-order valence-electron chi connectivity index (χ1n) is 5.88. The second-order valence-electron chi connectivity index (χ2n) is 5.08. The van der Waals surface area contributed by atoms with Gasteiger partial charge < -0.3 is 9.67 Å². The standard InChI is InChI=1S/C14H16INO2/c1-14(2,18)7-8-16-9-12(15)10-5-3-4-6-11(10)13(16)17/h3-6,9,18H,7-8H2,1-2H3. The topological polar surface area (TPSA) is 42.2 Å². The third-order valence-electron chi connectivity index (χ3n) is 2.91. The number of fused-ring (bicyclic) bond motifs is 1. The summed E-state index contributed by atoms with van der Waals surface area (Å²) >= 11 is 2.24. The van der Waals surface area contributed by atoms with E-state index < -0.39 is 5.60 Å². The smallest absolute Gasteiger partial charge is 0.258 e. The predicted molar refractivity (Wildman–Crippen MR) is 81.8 cm³/mol. The van der Waals surface area contributed by atoms with Crippen LogP contribution in [0.4, 0.5) is 0 Å². The summed E-state index contributed by atoms with van der Waals surface area (Å²) < 4.78 is 2.74. The van der Waals surface area contributed by atoms with Crippen molar-refractivity contribution in [3.63, 3.8) is 0 Å². The largest absolute Gasteiger partial charge is 0.390 e. The number of halogens is 1. The molecule has 2 aromatic rings. The van der Waals surface area contributed by atoms with Crippen molar-refractivity contribution in [1.82, 2.24) is 4.57 Å². The molecule has 0 saturated carbocycles. The molecule has 96 valence electrons. The average Bonchev–Trinajstić information content (AvgIpc) is 2.31. The van der Waals surface area contributed by atoms with Crippen LogP contribution in [0.1, 0.15) is 20.3 Å². The number of aryl methyl sites for hydroxylation is 1. The molecule has 0 fully saturated rings. The number of nitrogens with zero attached hydrogens (tertiary/aromatic N) is 1. The average molecular weight is 357 g/mol. The second-order valence-corrected chi connectivity index (χ2v) is 6.25. The van der Waals surface area contributed by atoms with E-state index in [0.717, 1.165) is 14.3 Å². The van der Waals surface area contributed by atoms with E-state index in [0.29, 0.717) is 13.0 Å². The second kappa shape index (κ2) is 5.01. The van der Waals surface area contributed by atoms with Gasteiger partial charge in [0.1, 0.15) is 0 Å². The lowest BCUT2D eigenvalue weighted by Gasteiger charge is -2.18. The summed E-state index contributed by atoms with van der Waals surface area (Å²) in [6.07, 6.45) is 2.41. The number of hydrogen-bond donors (Lipinski definition) is 1. The van der Waals surface area contributed by atoms with Crippen molar-refractivity contribution in [3.8, 4) is 0 Å². The van der Waals surface area contributed by atoms with E-state index in [1.165, 1.54) is 0 Å². The molecule has 1 aromatic heterocycles. The molecule has 2 rings (SSSR count). The molecule has 0 unspecified atom stereocenters. The number of benzene rings is 1. The minimum atomic E-state index is -0.753. The fourth-order valence-electron chi connectivity index (χ4n) is 1.86. The molecule has 0 aliphatic rings. The SMILES string of the molecule is CC(C)(O)CCn1cc(I)c2ccccc2c1=O. The molecule has 0 bridgehead atoms. The van der Waals surface area contributed by atoms with Crippen LogP contribution in [-0.2, 0) is 6.54 Å². The van der Waals surface area contributed by atoms with Crippen LogP contribution in [0.3, 0.4) is 0 Å². The van der Waals surface area contributed by atoms with Crippen LogP contribution in [0.2, 0.25) is 0 Å². The van der Waals surface area contributed by atoms with Gasteiger partial charge in [-0.05, 0) is 48.9 Å². The first-order chi connectivity index (χ1) is 8.38. The predicted octanol–water partition coefficient (Wildman–Crippen LogP) is 2.77. The first kappa shape index (κ1) is 13.5. The van der Waals surface area contributed by atoms with Crippen LogP contribution in [0.5, 0.6) is 0 Å². The molecule has 1 N–H and O–H groups in total. The first-order valence-corrected chi connectivity index (χ1v) is 6.96. The highest BCUT2D eigenvalue weighted by molar-refractivity contribution is 14.1. The Morgan fingerprint density at radius 2 is 1.89 bits per heavy atom. The van der Waals surface area contributed by atoms with Gasteiger partial charge in [-0.2, -0.15) is 0 Å². The van der Waals surface area contributed by atoms with Crippen molar-refractivity contribution in [3.05, 3.63) is 44.4 Å². The molecule has 3 nitrogen and oxygen atoms in total. The summed E-state index contributed by atoms with van der Waals surface area (Å²) in [7, 11) is 0. The molecule has 0 spiro atoms. The zero-order chi connectivity index (χ0) is 13.3. The third-order valence-corrected chi connectivity index (χ3v) is 3.77. The Morgan fingerprint density at radius 1 is 1.28 bits per heavy atom. The lowest BCUT2D eigenvalue weighted by molar-refractivity contribution is 0.0659. The Morgan fingerprint density at radius 3 is 2.50 bits per heavy atom. The van der Waals surface area contributed by atoms with Gasteiger partial charge in [-0.15, -0.1) is 0 Å². The molecule has 0 saturated heterocycles. The van der Waals surface area contributed by atoms with Gasteiger partial charge in [0.05, 0.1) is 5.60 Å². The van der Waals surface area contributed by atoms with Crippen LogP contribution in [0.25, 0.3) is 10.8 Å². The van der Waals surface area contributed by atoms with Crippen LogP contribution in [-0.4, -0.2) is 15.3 Å². The molecule has 1 aromatic carbocycles. The minimum absolute atomic E-state index is 0.00951. The maximum atomic E-state index is 12.3. The van der Waals surface area contributed by atoms with E-state index in [4.69, 9.17) is 0 Å². The van der Waals surface area contributed by atoms with Gasteiger partial charge in [-0.1, -0.05) is 18.2 Å². The molecule has 18 heavy (non-hydrogen) atoms. The lowest BCUT2D eigenvalue weighted by atomic mass is 10.1. The van der Waals surface area contributed by atoms with Crippen LogP contribution in [0.15, 0.2) is 35.3 Å². The van der Waals surface area contributed by atoms with Crippen molar-refractivity contribution in [1.29, 1.82) is 0 Å². The van der Waals surface area contributed by atoms with Crippen molar-refractivity contribution < 1.29 is 5.11 Å². The van der Waals surface area contributed by atoms with Crippen LogP contribution >= 0.6 is 22.6 Å². The van der Waals surface area contributed by atoms with E-state index in [2.05, 4.69) is 22.6 Å². The highest BCUT2D eigenvalue weighted by Crippen LogP contribution is 2.17. The summed E-state index contributed by atoms with van der Waals surface area (Å²) in [6.45, 7) is 4.04. The Kier molecular flexibility index (Phi) is 3.77. The maximum absolute atomic E-state index is 12.3. The van der Waals surface area contributed by atoms with E-state index >= 15 is 0 Å². The molecule has 1 heterocycles. The fourth-order valence-corrected chi connectivity index (χ4v) is 2.66. The molecule has 0 amide bonds. The molecular weight excluding hydrogens is 341 g/mol. The molecule has 0 atom stereocenters. The number of pyridine rings is 1. The highest BCUT2D eigenvalue weighted by atomic mass is 127. The summed E-state index contributed by atoms with van der Waals surface area (Å²) in [5, 5.41) is 11.5.